The molecule has 0 spiro atoms. The number of rotatable bonds is 5. The van der Waals surface area contributed by atoms with Crippen LogP contribution in [0.5, 0.6) is 0 Å². The molecule has 4 rings (SSSR count). The molecular weight excluding hydrogens is 332 g/mol. The van der Waals surface area contributed by atoms with Gasteiger partial charge in [0, 0.05) is 11.6 Å². The first-order valence-electron chi connectivity index (χ1n) is 9.58. The fourth-order valence-corrected chi connectivity index (χ4v) is 3.71. The molecule has 0 fully saturated rings. The van der Waals surface area contributed by atoms with Crippen LogP contribution in [0.2, 0.25) is 0 Å². The summed E-state index contributed by atoms with van der Waals surface area (Å²) in [6.07, 6.45) is 6.03. The second-order valence-electron chi connectivity index (χ2n) is 6.99. The average molecular weight is 356 g/mol. The predicted octanol–water partition coefficient (Wildman–Crippen LogP) is 5.69. The van der Waals surface area contributed by atoms with Crippen LogP contribution in [0.25, 0.3) is 27.7 Å². The van der Waals surface area contributed by atoms with Crippen LogP contribution in [-0.2, 0) is 0 Å². The lowest BCUT2D eigenvalue weighted by Crippen LogP contribution is -2.05. The molecule has 0 bridgehead atoms. The van der Waals surface area contributed by atoms with Crippen LogP contribution in [0.1, 0.15) is 43.9 Å². The van der Waals surface area contributed by atoms with Crippen LogP contribution in [-0.4, -0.2) is 20.0 Å². The SMILES string of the molecule is CCC(CC)c1ccc(-c2ccc3nnccc3c2)cc1-n1ccc(C)n1. The summed E-state index contributed by atoms with van der Waals surface area (Å²) in [4.78, 5) is 0. The van der Waals surface area contributed by atoms with Crippen LogP contribution in [0.15, 0.2) is 60.9 Å². The van der Waals surface area contributed by atoms with Crippen molar-refractivity contribution in [3.63, 3.8) is 0 Å². The van der Waals surface area contributed by atoms with Gasteiger partial charge in [-0.2, -0.15) is 15.3 Å². The fraction of sp³-hybridized carbons (Fsp3) is 0.261. The van der Waals surface area contributed by atoms with E-state index in [1.54, 1.807) is 6.20 Å². The topological polar surface area (TPSA) is 43.6 Å². The molecule has 0 aliphatic heterocycles. The van der Waals surface area contributed by atoms with Crippen molar-refractivity contribution >= 4 is 10.9 Å². The number of aryl methyl sites for hydroxylation is 1. The molecular formula is C23H24N4. The molecule has 2 heterocycles. The zero-order valence-corrected chi connectivity index (χ0v) is 16.1. The number of hydrogen-bond acceptors (Lipinski definition) is 3. The fourth-order valence-electron chi connectivity index (χ4n) is 3.71. The lowest BCUT2D eigenvalue weighted by atomic mass is 9.90. The second kappa shape index (κ2) is 7.31. The van der Waals surface area contributed by atoms with E-state index < -0.39 is 0 Å². The molecule has 4 nitrogen and oxygen atoms in total. The van der Waals surface area contributed by atoms with Crippen molar-refractivity contribution in [3.05, 3.63) is 72.2 Å². The summed E-state index contributed by atoms with van der Waals surface area (Å²) in [5, 5.41) is 13.9. The van der Waals surface area contributed by atoms with E-state index in [0.717, 1.165) is 29.4 Å². The van der Waals surface area contributed by atoms with E-state index in [2.05, 4.69) is 71.7 Å². The Labute approximate surface area is 159 Å². The summed E-state index contributed by atoms with van der Waals surface area (Å²) in [5.74, 6) is 0.533. The summed E-state index contributed by atoms with van der Waals surface area (Å²) in [5.41, 5.74) is 6.84. The molecule has 0 saturated heterocycles. The Kier molecular flexibility index (Phi) is 4.71. The van der Waals surface area contributed by atoms with Gasteiger partial charge in [0.15, 0.2) is 0 Å². The minimum absolute atomic E-state index is 0.533. The Morgan fingerprint density at radius 3 is 2.44 bits per heavy atom. The maximum absolute atomic E-state index is 4.68. The van der Waals surface area contributed by atoms with E-state index in [0.29, 0.717) is 5.92 Å². The summed E-state index contributed by atoms with van der Waals surface area (Å²) >= 11 is 0. The lowest BCUT2D eigenvalue weighted by molar-refractivity contribution is 0.634. The van der Waals surface area contributed by atoms with Gasteiger partial charge in [-0.25, -0.2) is 4.68 Å². The van der Waals surface area contributed by atoms with Gasteiger partial charge in [-0.3, -0.25) is 0 Å². The van der Waals surface area contributed by atoms with Gasteiger partial charge in [-0.1, -0.05) is 32.0 Å². The molecule has 27 heavy (non-hydrogen) atoms. The van der Waals surface area contributed by atoms with Crippen molar-refractivity contribution < 1.29 is 0 Å². The molecule has 0 aliphatic carbocycles. The van der Waals surface area contributed by atoms with Crippen LogP contribution in [0, 0.1) is 6.92 Å². The minimum Gasteiger partial charge on any atom is -0.240 e. The third-order valence-corrected chi connectivity index (χ3v) is 5.27. The summed E-state index contributed by atoms with van der Waals surface area (Å²) in [6.45, 7) is 6.54. The van der Waals surface area contributed by atoms with Gasteiger partial charge < -0.3 is 0 Å². The van der Waals surface area contributed by atoms with E-state index in [4.69, 9.17) is 0 Å². The van der Waals surface area contributed by atoms with Crippen molar-refractivity contribution in [2.24, 2.45) is 0 Å². The number of hydrogen-bond donors (Lipinski definition) is 0. The molecule has 136 valence electrons. The quantitative estimate of drug-likeness (QED) is 0.461. The highest BCUT2D eigenvalue weighted by molar-refractivity contribution is 5.84. The smallest absolute Gasteiger partial charge is 0.0930 e. The highest BCUT2D eigenvalue weighted by Crippen LogP contribution is 2.33. The zero-order valence-electron chi connectivity index (χ0n) is 16.1. The van der Waals surface area contributed by atoms with Crippen molar-refractivity contribution in [1.29, 1.82) is 0 Å². The third kappa shape index (κ3) is 3.35. The maximum atomic E-state index is 4.68. The number of nitrogens with zero attached hydrogens (tertiary/aromatic N) is 4. The molecule has 0 atom stereocenters. The number of aromatic nitrogens is 4. The monoisotopic (exact) mass is 356 g/mol. The maximum Gasteiger partial charge on any atom is 0.0930 e. The van der Waals surface area contributed by atoms with Crippen molar-refractivity contribution in [1.82, 2.24) is 20.0 Å². The van der Waals surface area contributed by atoms with E-state index in [1.165, 1.54) is 22.4 Å². The zero-order chi connectivity index (χ0) is 18.8. The molecule has 4 aromatic rings. The normalized spacial score (nSPS) is 11.4. The third-order valence-electron chi connectivity index (χ3n) is 5.27. The Morgan fingerprint density at radius 1 is 0.926 bits per heavy atom. The van der Waals surface area contributed by atoms with Gasteiger partial charge in [0.2, 0.25) is 0 Å². The van der Waals surface area contributed by atoms with Gasteiger partial charge in [0.25, 0.3) is 0 Å². The molecule has 4 heteroatoms. The van der Waals surface area contributed by atoms with Gasteiger partial charge in [-0.15, -0.1) is 0 Å². The van der Waals surface area contributed by atoms with Crippen LogP contribution >= 0.6 is 0 Å². The van der Waals surface area contributed by atoms with E-state index in [9.17, 15) is 0 Å². The van der Waals surface area contributed by atoms with Crippen molar-refractivity contribution in [2.75, 3.05) is 0 Å². The van der Waals surface area contributed by atoms with Crippen molar-refractivity contribution in [2.45, 2.75) is 39.5 Å². The van der Waals surface area contributed by atoms with Crippen LogP contribution in [0.3, 0.4) is 0 Å². The van der Waals surface area contributed by atoms with Gasteiger partial charge >= 0.3 is 0 Å². The predicted molar refractivity (Wildman–Crippen MR) is 110 cm³/mol. The Bertz CT molecular complexity index is 1080. The second-order valence-corrected chi connectivity index (χ2v) is 6.99. The number of fused-ring (bicyclic) bond motifs is 1. The van der Waals surface area contributed by atoms with Gasteiger partial charge in [0.1, 0.15) is 0 Å². The standard InChI is InChI=1S/C23H24N4/c1-4-17(5-2)21-8-6-19(15-23(21)27-13-11-16(3)26-27)18-7-9-22-20(14-18)10-12-24-25-22/h6-15,17H,4-5H2,1-3H3. The molecule has 0 N–H and O–H groups in total. The highest BCUT2D eigenvalue weighted by atomic mass is 15.3. The van der Waals surface area contributed by atoms with Crippen LogP contribution in [0.4, 0.5) is 0 Å². The first-order valence-corrected chi connectivity index (χ1v) is 9.58. The largest absolute Gasteiger partial charge is 0.240 e. The summed E-state index contributed by atoms with van der Waals surface area (Å²) in [6, 6.07) is 17.1. The van der Waals surface area contributed by atoms with E-state index in [1.807, 2.05) is 23.7 Å². The van der Waals surface area contributed by atoms with Gasteiger partial charge in [0.05, 0.1) is 23.1 Å². The Morgan fingerprint density at radius 2 is 1.70 bits per heavy atom. The summed E-state index contributed by atoms with van der Waals surface area (Å²) in [7, 11) is 0. The van der Waals surface area contributed by atoms with Crippen molar-refractivity contribution in [3.8, 4) is 16.8 Å². The average Bonchev–Trinajstić information content (AvgIpc) is 3.15. The lowest BCUT2D eigenvalue weighted by Gasteiger charge is -2.19. The first-order chi connectivity index (χ1) is 13.2. The molecule has 0 unspecified atom stereocenters. The minimum atomic E-state index is 0.533. The summed E-state index contributed by atoms with van der Waals surface area (Å²) < 4.78 is 2.01. The molecule has 0 aliphatic rings. The Balaban J connectivity index is 1.86. The van der Waals surface area contributed by atoms with Crippen LogP contribution < -0.4 is 0 Å². The van der Waals surface area contributed by atoms with Gasteiger partial charge in [-0.05, 0) is 72.7 Å². The molecule has 0 amide bonds. The Hall–Kier alpha value is -3.01. The molecule has 2 aromatic carbocycles. The molecule has 0 radical (unpaired) electrons. The first kappa shape index (κ1) is 17.4. The molecule has 2 aromatic heterocycles. The molecule has 0 saturated carbocycles. The van der Waals surface area contributed by atoms with E-state index in [-0.39, 0.29) is 0 Å². The van der Waals surface area contributed by atoms with E-state index >= 15 is 0 Å². The number of benzene rings is 2. The highest BCUT2D eigenvalue weighted by Gasteiger charge is 2.15.